The summed E-state index contributed by atoms with van der Waals surface area (Å²) in [4.78, 5) is 16.4. The molecule has 0 unspecified atom stereocenters. The van der Waals surface area contributed by atoms with Crippen molar-refractivity contribution in [3.63, 3.8) is 0 Å². The molecule has 0 radical (unpaired) electrons. The molecule has 1 amide bonds. The summed E-state index contributed by atoms with van der Waals surface area (Å²) in [5, 5.41) is 0. The fourth-order valence-electron chi connectivity index (χ4n) is 2.33. The summed E-state index contributed by atoms with van der Waals surface area (Å²) in [7, 11) is 2.05. The first-order valence-corrected chi connectivity index (χ1v) is 6.58. The van der Waals surface area contributed by atoms with Gasteiger partial charge in [-0.15, -0.1) is 0 Å². The Morgan fingerprint density at radius 1 is 1.17 bits per heavy atom. The van der Waals surface area contributed by atoms with Crippen LogP contribution in [-0.2, 0) is 0 Å². The van der Waals surface area contributed by atoms with Crippen molar-refractivity contribution in [3.05, 3.63) is 29.3 Å². The minimum absolute atomic E-state index is 0.147. The molecule has 1 heterocycles. The number of fused-ring (bicyclic) bond motifs is 1. The van der Waals surface area contributed by atoms with Crippen molar-refractivity contribution < 1.29 is 4.79 Å². The summed E-state index contributed by atoms with van der Waals surface area (Å²) >= 11 is 0. The Kier molecular flexibility index (Phi) is 3.33. The van der Waals surface area contributed by atoms with Crippen molar-refractivity contribution in [1.82, 2.24) is 4.90 Å². The highest BCUT2D eigenvalue weighted by Gasteiger charge is 2.29. The first kappa shape index (κ1) is 12.9. The monoisotopic (exact) mass is 246 g/mol. The maximum atomic E-state index is 12.4. The van der Waals surface area contributed by atoms with Gasteiger partial charge in [-0.1, -0.05) is 19.9 Å². The third-order valence-corrected chi connectivity index (χ3v) is 3.58. The summed E-state index contributed by atoms with van der Waals surface area (Å²) < 4.78 is 0. The Hall–Kier alpha value is -1.51. The van der Waals surface area contributed by atoms with Gasteiger partial charge < -0.3 is 9.80 Å². The Bertz CT molecular complexity index is 466. The van der Waals surface area contributed by atoms with E-state index in [9.17, 15) is 4.79 Å². The number of anilines is 1. The second-order valence-electron chi connectivity index (χ2n) is 5.64. The molecule has 0 N–H and O–H groups in total. The van der Waals surface area contributed by atoms with Crippen LogP contribution in [0.1, 0.15) is 49.5 Å². The largest absolute Gasteiger partial charge is 0.356 e. The standard InChI is InChI=1S/C15H22N2O/c1-10(2)12-6-7-13-14(8-12)16(5)9-17(11(3)4)15(13)18/h6-8,10-11H,9H2,1-5H3. The van der Waals surface area contributed by atoms with E-state index >= 15 is 0 Å². The van der Waals surface area contributed by atoms with E-state index in [1.807, 2.05) is 18.0 Å². The topological polar surface area (TPSA) is 23.6 Å². The van der Waals surface area contributed by atoms with Gasteiger partial charge in [-0.2, -0.15) is 0 Å². The Labute approximate surface area is 109 Å². The highest BCUT2D eigenvalue weighted by molar-refractivity contribution is 6.01. The second kappa shape index (κ2) is 4.63. The fraction of sp³-hybridized carbons (Fsp3) is 0.533. The average molecular weight is 246 g/mol. The maximum absolute atomic E-state index is 12.4. The first-order valence-electron chi connectivity index (χ1n) is 6.58. The van der Waals surface area contributed by atoms with Gasteiger partial charge in [-0.3, -0.25) is 4.79 Å². The first-order chi connectivity index (χ1) is 8.41. The molecule has 1 aliphatic heterocycles. The number of rotatable bonds is 2. The van der Waals surface area contributed by atoms with Crippen LogP contribution in [-0.4, -0.2) is 30.6 Å². The Morgan fingerprint density at radius 2 is 1.83 bits per heavy atom. The lowest BCUT2D eigenvalue weighted by Gasteiger charge is -2.38. The van der Waals surface area contributed by atoms with E-state index in [2.05, 4.69) is 44.7 Å². The molecule has 0 bridgehead atoms. The lowest BCUT2D eigenvalue weighted by molar-refractivity contribution is 0.0693. The van der Waals surface area contributed by atoms with Gasteiger partial charge in [-0.05, 0) is 37.5 Å². The molecule has 1 aromatic carbocycles. The molecule has 0 spiro atoms. The van der Waals surface area contributed by atoms with Crippen molar-refractivity contribution in [3.8, 4) is 0 Å². The minimum atomic E-state index is 0.147. The van der Waals surface area contributed by atoms with Crippen LogP contribution in [0.5, 0.6) is 0 Å². The molecule has 0 fully saturated rings. The second-order valence-corrected chi connectivity index (χ2v) is 5.64. The number of nitrogens with zero attached hydrogens (tertiary/aromatic N) is 2. The average Bonchev–Trinajstić information content (AvgIpc) is 2.32. The SMILES string of the molecule is CC(C)c1ccc2c(c1)N(C)CN(C(C)C)C2=O. The van der Waals surface area contributed by atoms with Crippen LogP contribution in [0.3, 0.4) is 0 Å². The minimum Gasteiger partial charge on any atom is -0.356 e. The van der Waals surface area contributed by atoms with Gasteiger partial charge in [0, 0.05) is 13.1 Å². The number of amides is 1. The van der Waals surface area contributed by atoms with Crippen LogP contribution in [0, 0.1) is 0 Å². The summed E-state index contributed by atoms with van der Waals surface area (Å²) in [6, 6.07) is 6.42. The fourth-order valence-corrected chi connectivity index (χ4v) is 2.33. The zero-order valence-corrected chi connectivity index (χ0v) is 11.9. The summed E-state index contributed by atoms with van der Waals surface area (Å²) in [5.41, 5.74) is 3.16. The van der Waals surface area contributed by atoms with Crippen molar-refractivity contribution in [2.75, 3.05) is 18.6 Å². The molecule has 1 aromatic rings. The van der Waals surface area contributed by atoms with Crippen LogP contribution in [0.2, 0.25) is 0 Å². The molecule has 18 heavy (non-hydrogen) atoms. The molecule has 2 rings (SSSR count). The van der Waals surface area contributed by atoms with Gasteiger partial charge in [0.1, 0.15) is 0 Å². The lowest BCUT2D eigenvalue weighted by atomic mass is 9.98. The third-order valence-electron chi connectivity index (χ3n) is 3.58. The van der Waals surface area contributed by atoms with Crippen LogP contribution in [0.25, 0.3) is 0 Å². The molecule has 98 valence electrons. The highest BCUT2D eigenvalue weighted by Crippen LogP contribution is 2.30. The van der Waals surface area contributed by atoms with Crippen LogP contribution in [0.4, 0.5) is 5.69 Å². The highest BCUT2D eigenvalue weighted by atomic mass is 16.2. The van der Waals surface area contributed by atoms with Crippen molar-refractivity contribution in [1.29, 1.82) is 0 Å². The quantitative estimate of drug-likeness (QED) is 0.800. The number of hydrogen-bond acceptors (Lipinski definition) is 2. The van der Waals surface area contributed by atoms with E-state index in [0.717, 1.165) is 11.3 Å². The third kappa shape index (κ3) is 2.09. The Balaban J connectivity index is 2.45. The molecule has 0 saturated heterocycles. The van der Waals surface area contributed by atoms with Crippen LogP contribution < -0.4 is 4.90 Å². The van der Waals surface area contributed by atoms with Crippen LogP contribution in [0.15, 0.2) is 18.2 Å². The van der Waals surface area contributed by atoms with E-state index in [0.29, 0.717) is 12.6 Å². The normalized spacial score (nSPS) is 15.6. The maximum Gasteiger partial charge on any atom is 0.257 e. The molecular formula is C15H22N2O. The molecule has 0 aliphatic carbocycles. The predicted molar refractivity (Wildman–Crippen MR) is 75.1 cm³/mol. The molecule has 1 aliphatic rings. The van der Waals surface area contributed by atoms with Gasteiger partial charge in [0.05, 0.1) is 17.9 Å². The smallest absolute Gasteiger partial charge is 0.257 e. The number of carbonyl (C=O) groups is 1. The van der Waals surface area contributed by atoms with Crippen molar-refractivity contribution >= 4 is 11.6 Å². The number of hydrogen-bond donors (Lipinski definition) is 0. The molecule has 3 heteroatoms. The molecular weight excluding hydrogens is 224 g/mol. The van der Waals surface area contributed by atoms with Crippen molar-refractivity contribution in [2.24, 2.45) is 0 Å². The van der Waals surface area contributed by atoms with Gasteiger partial charge >= 0.3 is 0 Å². The molecule has 3 nitrogen and oxygen atoms in total. The number of carbonyl (C=O) groups excluding carboxylic acids is 1. The van der Waals surface area contributed by atoms with E-state index in [-0.39, 0.29) is 11.9 Å². The van der Waals surface area contributed by atoms with Crippen molar-refractivity contribution in [2.45, 2.75) is 39.7 Å². The summed E-state index contributed by atoms with van der Waals surface area (Å²) in [5.74, 6) is 0.635. The van der Waals surface area contributed by atoms with Gasteiger partial charge in [-0.25, -0.2) is 0 Å². The van der Waals surface area contributed by atoms with Gasteiger partial charge in [0.25, 0.3) is 5.91 Å². The molecule has 0 saturated carbocycles. The van der Waals surface area contributed by atoms with E-state index in [4.69, 9.17) is 0 Å². The van der Waals surface area contributed by atoms with Gasteiger partial charge in [0.15, 0.2) is 0 Å². The van der Waals surface area contributed by atoms with E-state index < -0.39 is 0 Å². The molecule has 0 atom stereocenters. The predicted octanol–water partition coefficient (Wildman–Crippen LogP) is 3.07. The van der Waals surface area contributed by atoms with Gasteiger partial charge in [0.2, 0.25) is 0 Å². The zero-order chi connectivity index (χ0) is 13.4. The van der Waals surface area contributed by atoms with E-state index in [1.165, 1.54) is 5.56 Å². The summed E-state index contributed by atoms with van der Waals surface area (Å²) in [6.45, 7) is 9.13. The number of benzene rings is 1. The lowest BCUT2D eigenvalue weighted by Crippen LogP contribution is -2.48. The zero-order valence-electron chi connectivity index (χ0n) is 11.9. The van der Waals surface area contributed by atoms with Crippen LogP contribution >= 0.6 is 0 Å². The summed E-state index contributed by atoms with van der Waals surface area (Å²) in [6.07, 6.45) is 0. The van der Waals surface area contributed by atoms with E-state index in [1.54, 1.807) is 0 Å². The molecule has 0 aromatic heterocycles. The Morgan fingerprint density at radius 3 is 2.39 bits per heavy atom.